The van der Waals surface area contributed by atoms with Gasteiger partial charge in [-0.15, -0.1) is 10.2 Å². The van der Waals surface area contributed by atoms with E-state index in [-0.39, 0.29) is 6.03 Å². The molecule has 0 radical (unpaired) electrons. The molecule has 1 aliphatic heterocycles. The Hall–Kier alpha value is -1.54. The first kappa shape index (κ1) is 14.9. The van der Waals surface area contributed by atoms with E-state index < -0.39 is 0 Å². The van der Waals surface area contributed by atoms with Gasteiger partial charge in [0.2, 0.25) is 5.13 Å². The van der Waals surface area contributed by atoms with Gasteiger partial charge in [-0.2, -0.15) is 0 Å². The number of rotatable bonds is 4. The number of amides is 2. The zero-order chi connectivity index (χ0) is 14.5. The molecule has 20 heavy (non-hydrogen) atoms. The molecule has 0 aromatic carbocycles. The Morgan fingerprint density at radius 3 is 2.90 bits per heavy atom. The van der Waals surface area contributed by atoms with Gasteiger partial charge in [0.1, 0.15) is 5.76 Å². The molecular formula is C12H16N4O2S2. The van der Waals surface area contributed by atoms with Crippen molar-refractivity contribution < 1.29 is 9.53 Å². The molecule has 0 spiro atoms. The summed E-state index contributed by atoms with van der Waals surface area (Å²) in [5, 5.41) is 8.70. The van der Waals surface area contributed by atoms with Crippen molar-refractivity contribution in [2.24, 2.45) is 0 Å². The van der Waals surface area contributed by atoms with E-state index in [0.717, 1.165) is 16.5 Å². The first-order valence-electron chi connectivity index (χ1n) is 6.00. The van der Waals surface area contributed by atoms with E-state index >= 15 is 0 Å². The van der Waals surface area contributed by atoms with Crippen molar-refractivity contribution in [2.75, 3.05) is 31.8 Å². The number of carbonyl (C=O) groups excluding carboxylic acids is 1. The molecule has 2 amide bonds. The minimum Gasteiger partial charge on any atom is -0.469 e. The van der Waals surface area contributed by atoms with Crippen LogP contribution in [0.2, 0.25) is 0 Å². The lowest BCUT2D eigenvalue weighted by Crippen LogP contribution is -2.36. The van der Waals surface area contributed by atoms with Crippen LogP contribution in [-0.2, 0) is 4.74 Å². The van der Waals surface area contributed by atoms with Crippen LogP contribution < -0.4 is 4.90 Å². The summed E-state index contributed by atoms with van der Waals surface area (Å²) < 4.78 is 6.19. The van der Waals surface area contributed by atoms with E-state index in [1.165, 1.54) is 21.1 Å². The number of ether oxygens (including phenoxy) is 1. The standard InChI is InChI=1S/C12H16N4O2S2/c1-15(2)12(17)16(3)10-13-14-11(20-10)19-8-9-6-4-5-7-18-9/h5-7H,4,8H2,1-3H3. The van der Waals surface area contributed by atoms with Gasteiger partial charge in [0.05, 0.1) is 12.0 Å². The smallest absolute Gasteiger partial charge is 0.325 e. The van der Waals surface area contributed by atoms with Crippen molar-refractivity contribution in [3.8, 4) is 0 Å². The van der Waals surface area contributed by atoms with Gasteiger partial charge in [-0.25, -0.2) is 4.79 Å². The fourth-order valence-corrected chi connectivity index (χ4v) is 3.16. The van der Waals surface area contributed by atoms with Crippen LogP contribution in [0.1, 0.15) is 6.42 Å². The van der Waals surface area contributed by atoms with Crippen molar-refractivity contribution in [2.45, 2.75) is 10.8 Å². The highest BCUT2D eigenvalue weighted by Crippen LogP contribution is 2.29. The van der Waals surface area contributed by atoms with Crippen molar-refractivity contribution in [3.05, 3.63) is 24.2 Å². The molecule has 1 aliphatic rings. The van der Waals surface area contributed by atoms with E-state index in [2.05, 4.69) is 10.2 Å². The molecule has 1 aromatic rings. The van der Waals surface area contributed by atoms with Crippen molar-refractivity contribution in [1.82, 2.24) is 15.1 Å². The quantitative estimate of drug-likeness (QED) is 0.632. The number of allylic oxidation sites excluding steroid dienone is 2. The fourth-order valence-electron chi connectivity index (χ4n) is 1.44. The second kappa shape index (κ2) is 6.76. The largest absolute Gasteiger partial charge is 0.469 e. The maximum absolute atomic E-state index is 11.8. The average Bonchev–Trinajstić information content (AvgIpc) is 2.93. The number of hydrogen-bond acceptors (Lipinski definition) is 6. The summed E-state index contributed by atoms with van der Waals surface area (Å²) in [6.07, 6.45) is 6.60. The van der Waals surface area contributed by atoms with Gasteiger partial charge in [0.25, 0.3) is 0 Å². The fraction of sp³-hybridized carbons (Fsp3) is 0.417. The Kier molecular flexibility index (Phi) is 5.02. The minimum absolute atomic E-state index is 0.124. The van der Waals surface area contributed by atoms with Crippen LogP contribution >= 0.6 is 23.1 Å². The van der Waals surface area contributed by atoms with E-state index in [4.69, 9.17) is 4.74 Å². The van der Waals surface area contributed by atoms with Gasteiger partial charge in [-0.1, -0.05) is 23.1 Å². The van der Waals surface area contributed by atoms with Crippen molar-refractivity contribution in [3.63, 3.8) is 0 Å². The van der Waals surface area contributed by atoms with Crippen molar-refractivity contribution >= 4 is 34.3 Å². The number of aromatic nitrogens is 2. The number of nitrogens with zero attached hydrogens (tertiary/aromatic N) is 4. The summed E-state index contributed by atoms with van der Waals surface area (Å²) in [4.78, 5) is 14.8. The molecule has 2 heterocycles. The molecule has 8 heteroatoms. The highest BCUT2D eigenvalue weighted by molar-refractivity contribution is 8.01. The summed E-state index contributed by atoms with van der Waals surface area (Å²) in [6, 6.07) is -0.124. The molecule has 0 atom stereocenters. The second-order valence-electron chi connectivity index (χ2n) is 4.27. The second-order valence-corrected chi connectivity index (χ2v) is 6.45. The summed E-state index contributed by atoms with van der Waals surface area (Å²) >= 11 is 2.95. The minimum atomic E-state index is -0.124. The zero-order valence-electron chi connectivity index (χ0n) is 11.6. The van der Waals surface area contributed by atoms with Crippen LogP contribution in [0.25, 0.3) is 0 Å². The molecule has 2 rings (SSSR count). The molecule has 0 unspecified atom stereocenters. The van der Waals surface area contributed by atoms with Gasteiger partial charge >= 0.3 is 6.03 Å². The Morgan fingerprint density at radius 1 is 1.45 bits per heavy atom. The van der Waals surface area contributed by atoms with Crippen LogP contribution in [0.15, 0.2) is 28.5 Å². The molecule has 0 fully saturated rings. The monoisotopic (exact) mass is 312 g/mol. The van der Waals surface area contributed by atoms with Gasteiger partial charge < -0.3 is 9.64 Å². The highest BCUT2D eigenvalue weighted by Gasteiger charge is 2.17. The summed E-state index contributed by atoms with van der Waals surface area (Å²) in [5.41, 5.74) is 0. The Morgan fingerprint density at radius 2 is 2.25 bits per heavy atom. The van der Waals surface area contributed by atoms with Crippen LogP contribution in [0, 0.1) is 0 Å². The van der Waals surface area contributed by atoms with Crippen LogP contribution in [0.4, 0.5) is 9.93 Å². The predicted octanol–water partition coefficient (Wildman–Crippen LogP) is 2.57. The number of anilines is 1. The Labute approximate surface area is 126 Å². The average molecular weight is 312 g/mol. The third-order valence-corrected chi connectivity index (χ3v) is 4.64. The molecule has 6 nitrogen and oxygen atoms in total. The van der Waals surface area contributed by atoms with Crippen molar-refractivity contribution in [1.29, 1.82) is 0 Å². The Bertz CT molecular complexity index is 539. The number of hydrogen-bond donors (Lipinski definition) is 0. The van der Waals surface area contributed by atoms with Gasteiger partial charge in [-0.05, 0) is 18.6 Å². The van der Waals surface area contributed by atoms with E-state index in [9.17, 15) is 4.79 Å². The molecular weight excluding hydrogens is 296 g/mol. The molecule has 108 valence electrons. The van der Waals surface area contributed by atoms with E-state index in [1.807, 2.05) is 12.2 Å². The van der Waals surface area contributed by atoms with Crippen LogP contribution in [0.3, 0.4) is 0 Å². The molecule has 0 saturated carbocycles. The topological polar surface area (TPSA) is 58.6 Å². The number of thioether (sulfide) groups is 1. The van der Waals surface area contributed by atoms with Gasteiger partial charge in [0.15, 0.2) is 4.34 Å². The van der Waals surface area contributed by atoms with E-state index in [0.29, 0.717) is 10.9 Å². The van der Waals surface area contributed by atoms with Crippen LogP contribution in [0.5, 0.6) is 0 Å². The first-order chi connectivity index (χ1) is 9.58. The lowest BCUT2D eigenvalue weighted by atomic mass is 10.3. The normalized spacial score (nSPS) is 13.7. The predicted molar refractivity (Wildman–Crippen MR) is 81.0 cm³/mol. The third kappa shape index (κ3) is 3.73. The van der Waals surface area contributed by atoms with E-state index in [1.54, 1.807) is 39.2 Å². The molecule has 1 aromatic heterocycles. The third-order valence-electron chi connectivity index (χ3n) is 2.49. The highest BCUT2D eigenvalue weighted by atomic mass is 32.2. The maximum Gasteiger partial charge on any atom is 0.325 e. The van der Waals surface area contributed by atoms with Crippen LogP contribution in [-0.4, -0.2) is 48.0 Å². The zero-order valence-corrected chi connectivity index (χ0v) is 13.2. The first-order valence-corrected chi connectivity index (χ1v) is 7.80. The Balaban J connectivity index is 1.92. The summed E-state index contributed by atoms with van der Waals surface area (Å²) in [5.74, 6) is 1.64. The molecule has 0 aliphatic carbocycles. The number of carbonyl (C=O) groups is 1. The summed E-state index contributed by atoms with van der Waals surface area (Å²) in [6.45, 7) is 0. The lowest BCUT2D eigenvalue weighted by Gasteiger charge is -2.18. The summed E-state index contributed by atoms with van der Waals surface area (Å²) in [7, 11) is 5.10. The maximum atomic E-state index is 11.8. The lowest BCUT2D eigenvalue weighted by molar-refractivity contribution is 0.225. The van der Waals surface area contributed by atoms with Gasteiger partial charge in [-0.3, -0.25) is 4.90 Å². The molecule has 0 N–H and O–H groups in total. The molecule has 0 saturated heterocycles. The number of urea groups is 1. The SMILES string of the molecule is CN(C)C(=O)N(C)c1nnc(SCC2=CCC=CO2)s1. The molecule has 0 bridgehead atoms. The van der Waals surface area contributed by atoms with Gasteiger partial charge in [0, 0.05) is 21.1 Å².